The summed E-state index contributed by atoms with van der Waals surface area (Å²) >= 11 is 0. The Balaban J connectivity index is 2.11. The predicted octanol–water partition coefficient (Wildman–Crippen LogP) is 1.71. The molecule has 2 heterocycles. The van der Waals surface area contributed by atoms with E-state index in [1.165, 1.54) is 6.07 Å². The Bertz CT molecular complexity index is 616. The van der Waals surface area contributed by atoms with Crippen LogP contribution in [-0.4, -0.2) is 34.2 Å². The summed E-state index contributed by atoms with van der Waals surface area (Å²) < 4.78 is 5.50. The van der Waals surface area contributed by atoms with Crippen LogP contribution in [0.1, 0.15) is 10.4 Å². The fraction of sp³-hybridized carbons (Fsp3) is 0.154. The van der Waals surface area contributed by atoms with Crippen LogP contribution >= 0.6 is 0 Å². The van der Waals surface area contributed by atoms with Crippen LogP contribution in [0, 0.1) is 0 Å². The molecule has 0 atom stereocenters. The maximum atomic E-state index is 11.2. The molecule has 6 nitrogen and oxygen atoms in total. The fourth-order valence-electron chi connectivity index (χ4n) is 2.09. The number of rotatable bonds is 2. The first-order valence-corrected chi connectivity index (χ1v) is 5.80. The van der Waals surface area contributed by atoms with E-state index in [0.717, 1.165) is 0 Å². The minimum absolute atomic E-state index is 0.158. The summed E-state index contributed by atoms with van der Waals surface area (Å²) in [4.78, 5) is 21.4. The van der Waals surface area contributed by atoms with Crippen LogP contribution < -0.4 is 9.64 Å². The molecule has 0 saturated carbocycles. The molecule has 96 valence electrons. The molecule has 2 aromatic rings. The van der Waals surface area contributed by atoms with E-state index in [9.17, 15) is 9.90 Å². The molecule has 6 heteroatoms. The second-order valence-corrected chi connectivity index (χ2v) is 4.02. The standard InChI is InChI=1S/C13H11N3O3/c17-13(18)9-2-1-3-10-12(9)19-7-6-16(10)11-8-14-4-5-15-11/h1-5,8H,6-7H2,(H,17,18). The van der Waals surface area contributed by atoms with Crippen LogP contribution in [0.15, 0.2) is 36.8 Å². The normalized spacial score (nSPS) is 13.6. The molecule has 0 aliphatic carbocycles. The molecule has 0 saturated heterocycles. The minimum atomic E-state index is -1.00. The Morgan fingerprint density at radius 1 is 1.37 bits per heavy atom. The summed E-state index contributed by atoms with van der Waals surface area (Å²) in [5.74, 6) is 0.0549. The third-order valence-corrected chi connectivity index (χ3v) is 2.90. The molecule has 0 radical (unpaired) electrons. The van der Waals surface area contributed by atoms with Gasteiger partial charge in [0.15, 0.2) is 11.6 Å². The van der Waals surface area contributed by atoms with Crippen molar-refractivity contribution in [2.24, 2.45) is 0 Å². The number of nitrogens with zero attached hydrogens (tertiary/aromatic N) is 3. The largest absolute Gasteiger partial charge is 0.489 e. The lowest BCUT2D eigenvalue weighted by Crippen LogP contribution is -2.30. The van der Waals surface area contributed by atoms with Crippen molar-refractivity contribution in [2.75, 3.05) is 18.1 Å². The summed E-state index contributed by atoms with van der Waals surface area (Å²) in [5.41, 5.74) is 0.859. The summed E-state index contributed by atoms with van der Waals surface area (Å²) in [6, 6.07) is 5.04. The van der Waals surface area contributed by atoms with Crippen LogP contribution in [0.3, 0.4) is 0 Å². The van der Waals surface area contributed by atoms with Crippen molar-refractivity contribution in [3.05, 3.63) is 42.4 Å². The van der Waals surface area contributed by atoms with E-state index in [0.29, 0.717) is 30.4 Å². The Morgan fingerprint density at radius 3 is 3.00 bits per heavy atom. The summed E-state index contributed by atoms with van der Waals surface area (Å²) in [6.45, 7) is 1.02. The Labute approximate surface area is 109 Å². The van der Waals surface area contributed by atoms with Crippen molar-refractivity contribution in [3.63, 3.8) is 0 Å². The number of carbonyl (C=O) groups is 1. The van der Waals surface area contributed by atoms with Gasteiger partial charge in [0.1, 0.15) is 12.2 Å². The van der Waals surface area contributed by atoms with E-state index in [2.05, 4.69) is 9.97 Å². The number of fused-ring (bicyclic) bond motifs is 1. The van der Waals surface area contributed by atoms with Crippen LogP contribution in [0.5, 0.6) is 5.75 Å². The molecule has 1 aromatic heterocycles. The Kier molecular flexibility index (Phi) is 2.75. The molecular weight excluding hydrogens is 246 g/mol. The van der Waals surface area contributed by atoms with Crippen molar-refractivity contribution in [3.8, 4) is 5.75 Å². The summed E-state index contributed by atoms with van der Waals surface area (Å²) in [7, 11) is 0. The van der Waals surface area contributed by atoms with Gasteiger partial charge in [0.2, 0.25) is 0 Å². The maximum absolute atomic E-state index is 11.2. The van der Waals surface area contributed by atoms with E-state index < -0.39 is 5.97 Å². The number of carboxylic acids is 1. The van der Waals surface area contributed by atoms with Gasteiger partial charge in [-0.1, -0.05) is 6.07 Å². The van der Waals surface area contributed by atoms with Crippen molar-refractivity contribution in [1.29, 1.82) is 0 Å². The zero-order chi connectivity index (χ0) is 13.2. The monoisotopic (exact) mass is 257 g/mol. The lowest BCUT2D eigenvalue weighted by atomic mass is 10.1. The average molecular weight is 257 g/mol. The maximum Gasteiger partial charge on any atom is 0.339 e. The van der Waals surface area contributed by atoms with Crippen molar-refractivity contribution in [2.45, 2.75) is 0 Å². The molecule has 0 fully saturated rings. The minimum Gasteiger partial charge on any atom is -0.489 e. The molecule has 1 aromatic carbocycles. The van der Waals surface area contributed by atoms with Gasteiger partial charge in [-0.3, -0.25) is 4.98 Å². The molecule has 19 heavy (non-hydrogen) atoms. The van der Waals surface area contributed by atoms with Crippen molar-refractivity contribution < 1.29 is 14.6 Å². The highest BCUT2D eigenvalue weighted by Gasteiger charge is 2.25. The zero-order valence-corrected chi connectivity index (χ0v) is 9.98. The highest BCUT2D eigenvalue weighted by molar-refractivity contribution is 5.94. The number of aromatic nitrogens is 2. The van der Waals surface area contributed by atoms with Gasteiger partial charge in [-0.05, 0) is 12.1 Å². The first-order chi connectivity index (χ1) is 9.27. The second kappa shape index (κ2) is 4.56. The number of benzene rings is 1. The zero-order valence-electron chi connectivity index (χ0n) is 9.98. The van der Waals surface area contributed by atoms with Crippen molar-refractivity contribution >= 4 is 17.5 Å². The van der Waals surface area contributed by atoms with Gasteiger partial charge >= 0.3 is 5.97 Å². The molecule has 0 spiro atoms. The van der Waals surface area contributed by atoms with Crippen LogP contribution in [0.2, 0.25) is 0 Å². The van der Waals surface area contributed by atoms with Gasteiger partial charge < -0.3 is 14.7 Å². The molecule has 0 unspecified atom stereocenters. The summed E-state index contributed by atoms with van der Waals surface area (Å²) in [6.07, 6.45) is 4.84. The van der Waals surface area contributed by atoms with Gasteiger partial charge in [0.05, 0.1) is 18.4 Å². The van der Waals surface area contributed by atoms with Crippen LogP contribution in [0.25, 0.3) is 0 Å². The topological polar surface area (TPSA) is 75.6 Å². The fourth-order valence-corrected chi connectivity index (χ4v) is 2.09. The first-order valence-electron chi connectivity index (χ1n) is 5.80. The van der Waals surface area contributed by atoms with Gasteiger partial charge in [-0.25, -0.2) is 9.78 Å². The van der Waals surface area contributed by atoms with E-state index >= 15 is 0 Å². The number of hydrogen-bond acceptors (Lipinski definition) is 5. The Morgan fingerprint density at radius 2 is 2.26 bits per heavy atom. The number of carboxylic acid groups (broad SMARTS) is 1. The van der Waals surface area contributed by atoms with E-state index in [1.54, 1.807) is 24.7 Å². The highest BCUT2D eigenvalue weighted by Crippen LogP contribution is 2.37. The molecule has 1 aliphatic heterocycles. The highest BCUT2D eigenvalue weighted by atomic mass is 16.5. The van der Waals surface area contributed by atoms with E-state index in [-0.39, 0.29) is 5.56 Å². The summed E-state index contributed by atoms with van der Waals surface area (Å²) in [5, 5.41) is 9.17. The number of hydrogen-bond donors (Lipinski definition) is 1. The Hall–Kier alpha value is -2.63. The average Bonchev–Trinajstić information content (AvgIpc) is 2.46. The molecule has 0 amide bonds. The predicted molar refractivity (Wildman–Crippen MR) is 67.9 cm³/mol. The van der Waals surface area contributed by atoms with Gasteiger partial charge in [-0.15, -0.1) is 0 Å². The lowest BCUT2D eigenvalue weighted by molar-refractivity contribution is 0.0692. The SMILES string of the molecule is O=C(O)c1cccc2c1OCCN2c1cnccn1. The lowest BCUT2D eigenvalue weighted by Gasteiger charge is -2.30. The smallest absolute Gasteiger partial charge is 0.339 e. The first kappa shape index (κ1) is 11.5. The molecule has 1 aliphatic rings. The molecule has 3 rings (SSSR count). The van der Waals surface area contributed by atoms with Gasteiger partial charge in [-0.2, -0.15) is 0 Å². The third kappa shape index (κ3) is 1.97. The van der Waals surface area contributed by atoms with Gasteiger partial charge in [0.25, 0.3) is 0 Å². The van der Waals surface area contributed by atoms with Gasteiger partial charge in [0, 0.05) is 12.4 Å². The molecule has 1 N–H and O–H groups in total. The quantitative estimate of drug-likeness (QED) is 0.882. The van der Waals surface area contributed by atoms with Crippen molar-refractivity contribution in [1.82, 2.24) is 9.97 Å². The second-order valence-electron chi connectivity index (χ2n) is 4.02. The number of ether oxygens (including phenoxy) is 1. The molecular formula is C13H11N3O3. The third-order valence-electron chi connectivity index (χ3n) is 2.90. The van der Waals surface area contributed by atoms with E-state index in [1.807, 2.05) is 11.0 Å². The molecule has 0 bridgehead atoms. The number of para-hydroxylation sites is 1. The number of anilines is 2. The van der Waals surface area contributed by atoms with Crippen LogP contribution in [-0.2, 0) is 0 Å². The van der Waals surface area contributed by atoms with Crippen LogP contribution in [0.4, 0.5) is 11.5 Å². The number of aromatic carboxylic acids is 1. The van der Waals surface area contributed by atoms with E-state index in [4.69, 9.17) is 4.74 Å².